The van der Waals surface area contributed by atoms with Gasteiger partial charge in [0, 0.05) is 46.9 Å². The molecule has 0 unspecified atom stereocenters. The molecule has 0 radical (unpaired) electrons. The smallest absolute Gasteiger partial charge is 0.307 e. The zero-order valence-corrected chi connectivity index (χ0v) is 29.3. The van der Waals surface area contributed by atoms with Crippen molar-refractivity contribution < 1.29 is 14.7 Å². The van der Waals surface area contributed by atoms with E-state index in [1.165, 1.54) is 0 Å². The molecule has 10 nitrogen and oxygen atoms in total. The number of likely N-dealkylation sites (N-methyl/N-ethyl adjacent to an activating group) is 1. The zero-order valence-electron chi connectivity index (χ0n) is 27.7. The van der Waals surface area contributed by atoms with Crippen molar-refractivity contribution in [1.29, 1.82) is 0 Å². The third-order valence-corrected chi connectivity index (χ3v) is 11.1. The van der Waals surface area contributed by atoms with Crippen molar-refractivity contribution in [3.8, 4) is 21.7 Å². The van der Waals surface area contributed by atoms with Crippen LogP contribution in [0.3, 0.4) is 0 Å². The Labute approximate surface area is 294 Å². The Bertz CT molecular complexity index is 2040. The van der Waals surface area contributed by atoms with Crippen molar-refractivity contribution in [3.05, 3.63) is 87.6 Å². The number of benzene rings is 2. The number of hydrogen-bond donors (Lipinski definition) is 2. The van der Waals surface area contributed by atoms with E-state index in [1.54, 1.807) is 17.5 Å². The highest BCUT2D eigenvalue weighted by Gasteiger charge is 2.29. The number of rotatable bonds is 10. The van der Waals surface area contributed by atoms with Gasteiger partial charge in [0.25, 0.3) is 0 Å². The maximum atomic E-state index is 12.7. The second-order valence-electron chi connectivity index (χ2n) is 12.9. The number of halogens is 1. The minimum absolute atomic E-state index is 0.131. The average Bonchev–Trinajstić information content (AvgIpc) is 3.82. The van der Waals surface area contributed by atoms with E-state index in [9.17, 15) is 14.7 Å². The van der Waals surface area contributed by atoms with E-state index in [4.69, 9.17) is 21.6 Å². The van der Waals surface area contributed by atoms with Gasteiger partial charge in [-0.2, -0.15) is 0 Å². The Morgan fingerprint density at radius 2 is 1.90 bits per heavy atom. The van der Waals surface area contributed by atoms with Crippen LogP contribution in [-0.2, 0) is 29.2 Å². The first-order valence-electron chi connectivity index (χ1n) is 16.5. The van der Waals surface area contributed by atoms with E-state index in [0.29, 0.717) is 50.0 Å². The number of amides is 1. The van der Waals surface area contributed by atoms with E-state index in [0.717, 1.165) is 73.1 Å². The number of likely N-dealkylation sites (tertiary alicyclic amines) is 1. The molecule has 2 aliphatic heterocycles. The molecular weight excluding hydrogens is 658 g/mol. The molecule has 252 valence electrons. The summed E-state index contributed by atoms with van der Waals surface area (Å²) in [5.41, 5.74) is 7.50. The Kier molecular flexibility index (Phi) is 9.34. The number of pyridine rings is 2. The molecule has 0 saturated carbocycles. The van der Waals surface area contributed by atoms with Gasteiger partial charge in [-0.05, 0) is 68.4 Å². The SMILES string of the molecule is CCN(C)CC(=O)N1Cc2nc(-c3cccc(-c4cccc(Nc5nccc6cc(CN7CC[C@@H](C(=O)O)C7)cnc56)c4Cl)c3C)sc2C1. The van der Waals surface area contributed by atoms with Crippen LogP contribution in [0.1, 0.15) is 35.0 Å². The van der Waals surface area contributed by atoms with Crippen LogP contribution < -0.4 is 5.32 Å². The highest BCUT2D eigenvalue weighted by Crippen LogP contribution is 2.41. The van der Waals surface area contributed by atoms with Gasteiger partial charge in [0.2, 0.25) is 5.91 Å². The van der Waals surface area contributed by atoms with Crippen molar-refractivity contribution in [1.82, 2.24) is 29.7 Å². The second-order valence-corrected chi connectivity index (χ2v) is 14.3. The van der Waals surface area contributed by atoms with Crippen LogP contribution in [0.25, 0.3) is 32.6 Å². The number of nitrogens with one attached hydrogen (secondary N) is 1. The number of carbonyl (C=O) groups excluding carboxylic acids is 1. The number of carbonyl (C=O) groups is 2. The predicted octanol–water partition coefficient (Wildman–Crippen LogP) is 6.83. The fourth-order valence-electron chi connectivity index (χ4n) is 6.62. The first-order valence-corrected chi connectivity index (χ1v) is 17.7. The van der Waals surface area contributed by atoms with Gasteiger partial charge in [0.1, 0.15) is 10.5 Å². The molecule has 5 aromatic rings. The third-order valence-electron chi connectivity index (χ3n) is 9.54. The van der Waals surface area contributed by atoms with Gasteiger partial charge in [-0.1, -0.05) is 48.9 Å². The third kappa shape index (κ3) is 6.76. The van der Waals surface area contributed by atoms with E-state index < -0.39 is 5.97 Å². The standard InChI is InChI=1S/C37H38ClN7O3S/c1-4-43(3)21-32(46)45-19-30-31(20-45)49-36(42-30)27-8-5-7-26(22(27)2)28-9-6-10-29(33(28)38)41-35-34-24(11-13-39-35)15-23(16-40-34)17-44-14-12-25(18-44)37(47)48/h5-11,13,15-16,25H,4,12,14,17-21H2,1-3H3,(H,39,41)(H,47,48)/t25-/m1/s1. The number of nitrogens with zero attached hydrogens (tertiary/aromatic N) is 6. The summed E-state index contributed by atoms with van der Waals surface area (Å²) in [4.78, 5) is 45.7. The van der Waals surface area contributed by atoms with Crippen LogP contribution in [0.15, 0.2) is 60.9 Å². The molecule has 1 fully saturated rings. The second kappa shape index (κ2) is 13.8. The topological polar surface area (TPSA) is 115 Å². The lowest BCUT2D eigenvalue weighted by Gasteiger charge is -2.20. The van der Waals surface area contributed by atoms with Crippen molar-refractivity contribution in [3.63, 3.8) is 0 Å². The fourth-order valence-corrected chi connectivity index (χ4v) is 8.06. The van der Waals surface area contributed by atoms with Gasteiger partial charge >= 0.3 is 5.97 Å². The molecule has 12 heteroatoms. The molecule has 7 rings (SSSR count). The highest BCUT2D eigenvalue weighted by molar-refractivity contribution is 7.15. The van der Waals surface area contributed by atoms with Crippen LogP contribution in [-0.4, -0.2) is 79.9 Å². The minimum Gasteiger partial charge on any atom is -0.481 e. The minimum atomic E-state index is -0.730. The molecule has 0 aliphatic carbocycles. The number of hydrogen-bond acceptors (Lipinski definition) is 9. The van der Waals surface area contributed by atoms with Crippen LogP contribution in [0.2, 0.25) is 5.02 Å². The predicted molar refractivity (Wildman–Crippen MR) is 194 cm³/mol. The van der Waals surface area contributed by atoms with Crippen LogP contribution >= 0.6 is 22.9 Å². The summed E-state index contributed by atoms with van der Waals surface area (Å²) in [7, 11) is 1.96. The summed E-state index contributed by atoms with van der Waals surface area (Å²) >= 11 is 8.76. The molecule has 0 spiro atoms. The monoisotopic (exact) mass is 695 g/mol. The van der Waals surface area contributed by atoms with Gasteiger partial charge in [0.15, 0.2) is 5.82 Å². The molecule has 5 heterocycles. The summed E-state index contributed by atoms with van der Waals surface area (Å²) in [6.45, 7) is 8.52. The van der Waals surface area contributed by atoms with E-state index in [2.05, 4.69) is 40.3 Å². The quantitative estimate of drug-likeness (QED) is 0.162. The largest absolute Gasteiger partial charge is 0.481 e. The summed E-state index contributed by atoms with van der Waals surface area (Å²) in [5, 5.41) is 15.3. The molecule has 2 aromatic carbocycles. The van der Waals surface area contributed by atoms with Gasteiger partial charge in [-0.25, -0.2) is 9.97 Å². The molecular formula is C37H38ClN7O3S. The average molecular weight is 696 g/mol. The van der Waals surface area contributed by atoms with Crippen LogP contribution in [0.5, 0.6) is 0 Å². The molecule has 1 amide bonds. The first kappa shape index (κ1) is 33.1. The summed E-state index contributed by atoms with van der Waals surface area (Å²) in [6, 6.07) is 16.2. The number of fused-ring (bicyclic) bond motifs is 2. The molecule has 0 bridgehead atoms. The van der Waals surface area contributed by atoms with Gasteiger partial charge in [0.05, 0.1) is 42.0 Å². The van der Waals surface area contributed by atoms with Crippen molar-refractivity contribution >= 4 is 57.2 Å². The summed E-state index contributed by atoms with van der Waals surface area (Å²) < 4.78 is 0. The summed E-state index contributed by atoms with van der Waals surface area (Å²) in [6.07, 6.45) is 4.26. The Balaban J connectivity index is 1.10. The van der Waals surface area contributed by atoms with Crippen LogP contribution in [0, 0.1) is 12.8 Å². The number of thiazole rings is 1. The lowest BCUT2D eigenvalue weighted by molar-refractivity contribution is -0.141. The summed E-state index contributed by atoms with van der Waals surface area (Å²) in [5.74, 6) is -0.305. The lowest BCUT2D eigenvalue weighted by Crippen LogP contribution is -2.35. The van der Waals surface area contributed by atoms with Crippen LogP contribution in [0.4, 0.5) is 11.5 Å². The molecule has 2 aliphatic rings. The molecule has 1 saturated heterocycles. The van der Waals surface area contributed by atoms with Crippen molar-refractivity contribution in [2.75, 3.05) is 38.5 Å². The molecule has 1 atom stereocenters. The molecule has 2 N–H and O–H groups in total. The number of anilines is 2. The van der Waals surface area contributed by atoms with E-state index >= 15 is 0 Å². The number of carboxylic acids is 1. The number of carboxylic acid groups (broad SMARTS) is 1. The van der Waals surface area contributed by atoms with Gasteiger partial charge in [-0.3, -0.25) is 24.4 Å². The zero-order chi connectivity index (χ0) is 34.2. The lowest BCUT2D eigenvalue weighted by atomic mass is 9.96. The molecule has 3 aromatic heterocycles. The Hall–Kier alpha value is -4.42. The number of aliphatic carboxylic acids is 1. The van der Waals surface area contributed by atoms with E-state index in [1.807, 2.05) is 60.3 Å². The maximum Gasteiger partial charge on any atom is 0.307 e. The Morgan fingerprint density at radius 1 is 1.10 bits per heavy atom. The first-order chi connectivity index (χ1) is 23.7. The van der Waals surface area contributed by atoms with Gasteiger partial charge in [-0.15, -0.1) is 11.3 Å². The fraction of sp³-hybridized carbons (Fsp3) is 0.324. The number of aromatic nitrogens is 3. The Morgan fingerprint density at radius 3 is 2.67 bits per heavy atom. The van der Waals surface area contributed by atoms with E-state index in [-0.39, 0.29) is 11.8 Å². The van der Waals surface area contributed by atoms with Gasteiger partial charge < -0.3 is 15.3 Å². The maximum absolute atomic E-state index is 12.7. The van der Waals surface area contributed by atoms with Crippen molar-refractivity contribution in [2.24, 2.45) is 5.92 Å². The molecule has 49 heavy (non-hydrogen) atoms. The van der Waals surface area contributed by atoms with Crippen molar-refractivity contribution in [2.45, 2.75) is 39.9 Å². The highest BCUT2D eigenvalue weighted by atomic mass is 35.5. The normalized spacial score (nSPS) is 16.1.